The number of hydrogen-bond donors (Lipinski definition) is 2. The third-order valence-electron chi connectivity index (χ3n) is 4.98. The van der Waals surface area contributed by atoms with E-state index < -0.39 is 24.3 Å². The minimum Gasteiger partial charge on any atom is -0.496 e. The molecular weight excluding hydrogens is 394 g/mol. The van der Waals surface area contributed by atoms with Gasteiger partial charge in [-0.1, -0.05) is 11.6 Å². The Labute approximate surface area is 175 Å². The maximum Gasteiger partial charge on any atom is 0.342 e. The van der Waals surface area contributed by atoms with Gasteiger partial charge in [0.1, 0.15) is 29.7 Å². The summed E-state index contributed by atoms with van der Waals surface area (Å²) in [5, 5.41) is 9.01. The van der Waals surface area contributed by atoms with Crippen molar-refractivity contribution in [1.82, 2.24) is 0 Å². The normalized spacial score (nSPS) is 15.4. The van der Waals surface area contributed by atoms with Crippen LogP contribution in [0, 0.1) is 6.92 Å². The van der Waals surface area contributed by atoms with Crippen LogP contribution in [0.15, 0.2) is 11.6 Å². The van der Waals surface area contributed by atoms with Crippen molar-refractivity contribution in [1.29, 1.82) is 0 Å². The number of carboxylic acid groups (broad SMARTS) is 1. The van der Waals surface area contributed by atoms with Crippen molar-refractivity contribution in [3.8, 4) is 11.5 Å². The molecular formula is C21H29NO8. The fourth-order valence-corrected chi connectivity index (χ4v) is 3.22. The monoisotopic (exact) mass is 423 g/mol. The van der Waals surface area contributed by atoms with Crippen molar-refractivity contribution >= 4 is 11.9 Å². The summed E-state index contributed by atoms with van der Waals surface area (Å²) in [5.41, 5.74) is 8.91. The summed E-state index contributed by atoms with van der Waals surface area (Å²) in [4.78, 5) is 23.4. The number of carboxylic acids is 1. The predicted octanol–water partition coefficient (Wildman–Crippen LogP) is 2.31. The van der Waals surface area contributed by atoms with Gasteiger partial charge in [-0.3, -0.25) is 4.79 Å². The standard InChI is InChI=1S/C21H29NO8/c1-11(8-16(22)20(23)24)6-7-14-18(27-5)12(2)15-9-28-21(25)17(15)19(14)30-10-29-13(3)26-4/h6,13,16H,7-10,22H2,1-5H3,(H,23,24)/b11-6+. The van der Waals surface area contributed by atoms with Crippen molar-refractivity contribution in [2.45, 2.75) is 52.6 Å². The lowest BCUT2D eigenvalue weighted by Crippen LogP contribution is -2.30. The summed E-state index contributed by atoms with van der Waals surface area (Å²) in [7, 11) is 3.05. The Morgan fingerprint density at radius 2 is 2.03 bits per heavy atom. The van der Waals surface area contributed by atoms with Crippen LogP contribution in [0.5, 0.6) is 11.5 Å². The number of nitrogens with two attached hydrogens (primary N) is 1. The highest BCUT2D eigenvalue weighted by Crippen LogP contribution is 2.42. The van der Waals surface area contributed by atoms with Gasteiger partial charge in [0.05, 0.1) is 7.11 Å². The Hall–Kier alpha value is -2.62. The van der Waals surface area contributed by atoms with E-state index >= 15 is 0 Å². The van der Waals surface area contributed by atoms with Gasteiger partial charge in [-0.25, -0.2) is 4.79 Å². The number of cyclic esters (lactones) is 1. The topological polar surface area (TPSA) is 127 Å². The summed E-state index contributed by atoms with van der Waals surface area (Å²) >= 11 is 0. The molecule has 30 heavy (non-hydrogen) atoms. The number of aliphatic carboxylic acids is 1. The molecule has 2 atom stereocenters. The summed E-state index contributed by atoms with van der Waals surface area (Å²) in [6.07, 6.45) is 1.91. The average molecular weight is 423 g/mol. The summed E-state index contributed by atoms with van der Waals surface area (Å²) in [6, 6.07) is -0.987. The highest BCUT2D eigenvalue weighted by Gasteiger charge is 2.33. The lowest BCUT2D eigenvalue weighted by Gasteiger charge is -2.20. The molecule has 9 nitrogen and oxygen atoms in total. The van der Waals surface area contributed by atoms with E-state index in [1.165, 1.54) is 7.11 Å². The van der Waals surface area contributed by atoms with E-state index in [0.717, 1.165) is 11.1 Å². The molecule has 2 rings (SSSR count). The van der Waals surface area contributed by atoms with E-state index in [0.29, 0.717) is 34.6 Å². The van der Waals surface area contributed by atoms with E-state index in [-0.39, 0.29) is 19.8 Å². The molecule has 1 aliphatic heterocycles. The van der Waals surface area contributed by atoms with E-state index in [4.69, 9.17) is 34.5 Å². The van der Waals surface area contributed by atoms with Crippen molar-refractivity contribution in [3.05, 3.63) is 33.9 Å². The van der Waals surface area contributed by atoms with Crippen molar-refractivity contribution in [2.24, 2.45) is 5.73 Å². The van der Waals surface area contributed by atoms with Gasteiger partial charge < -0.3 is 34.5 Å². The molecule has 1 aliphatic rings. The Kier molecular flexibility index (Phi) is 8.22. The largest absolute Gasteiger partial charge is 0.496 e. The first-order valence-electron chi connectivity index (χ1n) is 9.51. The predicted molar refractivity (Wildman–Crippen MR) is 108 cm³/mol. The maximum absolute atomic E-state index is 12.4. The Balaban J connectivity index is 2.43. The first kappa shape index (κ1) is 23.7. The number of methoxy groups -OCH3 is 2. The second-order valence-corrected chi connectivity index (χ2v) is 7.03. The fourth-order valence-electron chi connectivity index (χ4n) is 3.22. The molecule has 1 heterocycles. The molecule has 0 aliphatic carbocycles. The molecule has 0 saturated carbocycles. The molecule has 0 spiro atoms. The number of esters is 1. The quantitative estimate of drug-likeness (QED) is 0.313. The van der Waals surface area contributed by atoms with E-state index in [1.807, 2.05) is 13.0 Å². The van der Waals surface area contributed by atoms with Gasteiger partial charge in [0.25, 0.3) is 0 Å². The van der Waals surface area contributed by atoms with E-state index in [1.54, 1.807) is 21.0 Å². The van der Waals surface area contributed by atoms with Crippen molar-refractivity contribution in [2.75, 3.05) is 21.0 Å². The first-order chi connectivity index (χ1) is 14.2. The molecule has 0 amide bonds. The second-order valence-electron chi connectivity index (χ2n) is 7.03. The highest BCUT2D eigenvalue weighted by atomic mass is 16.7. The lowest BCUT2D eigenvalue weighted by molar-refractivity contribution is -0.149. The average Bonchev–Trinajstić information content (AvgIpc) is 3.09. The summed E-state index contributed by atoms with van der Waals surface area (Å²) < 4.78 is 27.1. The van der Waals surface area contributed by atoms with Crippen LogP contribution in [-0.4, -0.2) is 50.4 Å². The zero-order valence-electron chi connectivity index (χ0n) is 17.9. The maximum atomic E-state index is 12.4. The third kappa shape index (κ3) is 5.29. The van der Waals surface area contributed by atoms with Crippen LogP contribution in [0.4, 0.5) is 0 Å². The molecule has 0 bridgehead atoms. The van der Waals surface area contributed by atoms with Gasteiger partial charge in [-0.05, 0) is 39.2 Å². The van der Waals surface area contributed by atoms with Gasteiger partial charge in [-0.15, -0.1) is 0 Å². The zero-order valence-corrected chi connectivity index (χ0v) is 17.9. The number of ether oxygens (including phenoxy) is 5. The number of carbonyl (C=O) groups is 2. The van der Waals surface area contributed by atoms with Crippen LogP contribution in [0.25, 0.3) is 0 Å². The van der Waals surface area contributed by atoms with Crippen LogP contribution in [0.3, 0.4) is 0 Å². The SMILES string of the molecule is COc1c(C)c2c(c(OCOC(C)OC)c1C/C=C(\C)CC(N)C(=O)O)C(=O)OC2. The number of benzene rings is 1. The Bertz CT molecular complexity index is 833. The molecule has 3 N–H and O–H groups in total. The molecule has 0 radical (unpaired) electrons. The summed E-state index contributed by atoms with van der Waals surface area (Å²) in [6.45, 7) is 5.38. The molecule has 2 unspecified atom stereocenters. The Morgan fingerprint density at radius 1 is 1.33 bits per heavy atom. The van der Waals surface area contributed by atoms with Crippen LogP contribution in [0.2, 0.25) is 0 Å². The summed E-state index contributed by atoms with van der Waals surface area (Å²) in [5.74, 6) is -0.636. The van der Waals surface area contributed by atoms with Crippen LogP contribution in [0.1, 0.15) is 47.3 Å². The molecule has 9 heteroatoms. The molecule has 1 aromatic rings. The van der Waals surface area contributed by atoms with Gasteiger partial charge in [0, 0.05) is 18.2 Å². The van der Waals surface area contributed by atoms with Crippen LogP contribution < -0.4 is 15.2 Å². The lowest BCUT2D eigenvalue weighted by atomic mass is 9.94. The zero-order chi connectivity index (χ0) is 22.4. The van der Waals surface area contributed by atoms with E-state index in [9.17, 15) is 9.59 Å². The number of hydrogen-bond acceptors (Lipinski definition) is 8. The van der Waals surface area contributed by atoms with Crippen LogP contribution in [-0.2, 0) is 32.0 Å². The van der Waals surface area contributed by atoms with Gasteiger partial charge >= 0.3 is 11.9 Å². The number of rotatable bonds is 11. The minimum absolute atomic E-state index is 0.138. The Morgan fingerprint density at radius 3 is 2.63 bits per heavy atom. The molecule has 0 aromatic heterocycles. The smallest absolute Gasteiger partial charge is 0.342 e. The van der Waals surface area contributed by atoms with Gasteiger partial charge in [0.2, 0.25) is 0 Å². The number of allylic oxidation sites excluding steroid dienone is 1. The van der Waals surface area contributed by atoms with Gasteiger partial charge in [0.15, 0.2) is 13.1 Å². The van der Waals surface area contributed by atoms with Crippen LogP contribution >= 0.6 is 0 Å². The van der Waals surface area contributed by atoms with Gasteiger partial charge in [-0.2, -0.15) is 0 Å². The molecule has 0 fully saturated rings. The molecule has 166 valence electrons. The first-order valence-corrected chi connectivity index (χ1v) is 9.51. The van der Waals surface area contributed by atoms with E-state index in [2.05, 4.69) is 0 Å². The number of fused-ring (bicyclic) bond motifs is 1. The minimum atomic E-state index is -1.06. The third-order valence-corrected chi connectivity index (χ3v) is 4.98. The second kappa shape index (κ2) is 10.4. The number of carbonyl (C=O) groups excluding carboxylic acids is 1. The fraction of sp³-hybridized carbons (Fsp3) is 0.524. The molecule has 0 saturated heterocycles. The van der Waals surface area contributed by atoms with Crippen molar-refractivity contribution < 1.29 is 38.4 Å². The molecule has 1 aromatic carbocycles. The highest BCUT2D eigenvalue weighted by molar-refractivity contribution is 5.98. The van der Waals surface area contributed by atoms with Crippen molar-refractivity contribution in [3.63, 3.8) is 0 Å².